The molecule has 0 fully saturated rings. The smallest absolute Gasteiger partial charge is 0.145 e. The topological polar surface area (TPSA) is 34.1 Å². The Hall–Kier alpha value is -1.44. The van der Waals surface area contributed by atoms with E-state index in [1.54, 1.807) is 19.9 Å². The molecule has 0 aliphatic heterocycles. The van der Waals surface area contributed by atoms with Gasteiger partial charge in [0.05, 0.1) is 0 Å². The maximum Gasteiger partial charge on any atom is 0.145 e. The quantitative estimate of drug-likeness (QED) is 0.280. The Balaban J connectivity index is 3.75. The molecule has 0 atom stereocenters. The summed E-state index contributed by atoms with van der Waals surface area (Å²) < 4.78 is 0. The molecule has 0 aliphatic carbocycles. The minimum absolute atomic E-state index is 0.709. The first-order chi connectivity index (χ1) is 6.70. The summed E-state index contributed by atoms with van der Waals surface area (Å²) in [6.45, 7) is 3.54. The Bertz CT molecular complexity index is 270. The number of carbonyl (C=O) groups is 2. The van der Waals surface area contributed by atoms with E-state index in [4.69, 9.17) is 0 Å². The molecular weight excluding hydrogens is 176 g/mol. The van der Waals surface area contributed by atoms with Gasteiger partial charge in [-0.05, 0) is 37.8 Å². The first-order valence-corrected chi connectivity index (χ1v) is 4.61. The average molecular weight is 192 g/mol. The van der Waals surface area contributed by atoms with Crippen LogP contribution in [0.3, 0.4) is 0 Å². The fourth-order valence-electron chi connectivity index (χ4n) is 0.811. The summed E-state index contributed by atoms with van der Waals surface area (Å²) in [5.41, 5.74) is 1.47. The summed E-state index contributed by atoms with van der Waals surface area (Å²) in [7, 11) is 0. The van der Waals surface area contributed by atoms with E-state index < -0.39 is 0 Å². The first-order valence-electron chi connectivity index (χ1n) is 4.61. The average Bonchev–Trinajstić information content (AvgIpc) is 2.22. The van der Waals surface area contributed by atoms with Gasteiger partial charge in [0.25, 0.3) is 0 Å². The summed E-state index contributed by atoms with van der Waals surface area (Å²) in [5, 5.41) is 0. The molecule has 0 rings (SSSR count). The fourth-order valence-corrected chi connectivity index (χ4v) is 0.811. The van der Waals surface area contributed by atoms with Gasteiger partial charge >= 0.3 is 0 Å². The molecule has 0 unspecified atom stereocenters. The molecule has 2 nitrogen and oxygen atoms in total. The van der Waals surface area contributed by atoms with Gasteiger partial charge < -0.3 is 0 Å². The highest BCUT2D eigenvalue weighted by atomic mass is 16.1. The number of allylic oxidation sites excluding steroid dienone is 6. The maximum absolute atomic E-state index is 10.2. The third kappa shape index (κ3) is 7.22. The third-order valence-corrected chi connectivity index (χ3v) is 1.67. The Kier molecular flexibility index (Phi) is 7.33. The highest BCUT2D eigenvalue weighted by molar-refractivity contribution is 5.72. The van der Waals surface area contributed by atoms with Gasteiger partial charge in [0.2, 0.25) is 0 Å². The number of carbonyl (C=O) groups excluding carboxylic acids is 2. The minimum Gasteiger partial charge on any atom is -0.298 e. The molecule has 0 heterocycles. The highest BCUT2D eigenvalue weighted by Gasteiger charge is 1.83. The predicted molar refractivity (Wildman–Crippen MR) is 58.0 cm³/mol. The summed E-state index contributed by atoms with van der Waals surface area (Å²) in [4.78, 5) is 20.4. The molecular formula is C12H16O2. The molecule has 14 heavy (non-hydrogen) atoms. The van der Waals surface area contributed by atoms with Crippen molar-refractivity contribution in [1.82, 2.24) is 0 Å². The largest absolute Gasteiger partial charge is 0.298 e. The van der Waals surface area contributed by atoms with E-state index in [1.807, 2.05) is 18.2 Å². The standard InChI is InChI=1S/C12H16O2/c1-11(9-13)7-5-3-4-6-8-12(2)10-14/h3,5,7-10H,4,6H2,1-2H3/b5-3+,11-7+,12-8+. The van der Waals surface area contributed by atoms with Gasteiger partial charge in [-0.1, -0.05) is 24.3 Å². The molecule has 0 aromatic heterocycles. The van der Waals surface area contributed by atoms with Gasteiger partial charge in [-0.2, -0.15) is 0 Å². The van der Waals surface area contributed by atoms with Crippen LogP contribution < -0.4 is 0 Å². The van der Waals surface area contributed by atoms with Crippen molar-refractivity contribution in [3.63, 3.8) is 0 Å². The Morgan fingerprint density at radius 1 is 1.00 bits per heavy atom. The van der Waals surface area contributed by atoms with Crippen LogP contribution in [0.1, 0.15) is 26.7 Å². The number of hydrogen-bond donors (Lipinski definition) is 0. The lowest BCUT2D eigenvalue weighted by Crippen LogP contribution is -1.76. The zero-order chi connectivity index (χ0) is 10.8. The lowest BCUT2D eigenvalue weighted by molar-refractivity contribution is -0.105. The summed E-state index contributed by atoms with van der Waals surface area (Å²) in [6.07, 6.45) is 10.9. The van der Waals surface area contributed by atoms with Crippen molar-refractivity contribution in [2.75, 3.05) is 0 Å². The summed E-state index contributed by atoms with van der Waals surface area (Å²) >= 11 is 0. The molecule has 0 radical (unpaired) electrons. The second-order valence-corrected chi connectivity index (χ2v) is 3.10. The van der Waals surface area contributed by atoms with Crippen molar-refractivity contribution in [1.29, 1.82) is 0 Å². The highest BCUT2D eigenvalue weighted by Crippen LogP contribution is 1.97. The van der Waals surface area contributed by atoms with Crippen LogP contribution in [0.5, 0.6) is 0 Å². The second kappa shape index (κ2) is 8.17. The fraction of sp³-hybridized carbons (Fsp3) is 0.333. The van der Waals surface area contributed by atoms with Gasteiger partial charge in [0.15, 0.2) is 0 Å². The van der Waals surface area contributed by atoms with Crippen molar-refractivity contribution in [3.8, 4) is 0 Å². The molecule has 0 aromatic carbocycles. The second-order valence-electron chi connectivity index (χ2n) is 3.10. The summed E-state index contributed by atoms with van der Waals surface area (Å²) in [6, 6.07) is 0. The molecule has 0 bridgehead atoms. The van der Waals surface area contributed by atoms with Crippen LogP contribution in [-0.2, 0) is 9.59 Å². The van der Waals surface area contributed by atoms with E-state index in [1.165, 1.54) is 0 Å². The lowest BCUT2D eigenvalue weighted by Gasteiger charge is -1.88. The van der Waals surface area contributed by atoms with E-state index >= 15 is 0 Å². The van der Waals surface area contributed by atoms with Crippen LogP contribution in [0, 0.1) is 0 Å². The van der Waals surface area contributed by atoms with E-state index in [0.29, 0.717) is 5.57 Å². The lowest BCUT2D eigenvalue weighted by atomic mass is 10.2. The summed E-state index contributed by atoms with van der Waals surface area (Å²) in [5.74, 6) is 0. The van der Waals surface area contributed by atoms with E-state index in [-0.39, 0.29) is 0 Å². The van der Waals surface area contributed by atoms with Gasteiger partial charge in [0.1, 0.15) is 12.6 Å². The van der Waals surface area contributed by atoms with Crippen molar-refractivity contribution in [2.45, 2.75) is 26.7 Å². The van der Waals surface area contributed by atoms with Crippen LogP contribution in [-0.4, -0.2) is 12.6 Å². The van der Waals surface area contributed by atoms with Gasteiger partial charge in [0, 0.05) is 0 Å². The van der Waals surface area contributed by atoms with Gasteiger partial charge in [-0.3, -0.25) is 9.59 Å². The SMILES string of the molecule is C/C(C=O)=C\C=C\CC/C=C(\C)C=O. The molecule has 0 aliphatic rings. The molecule has 0 saturated heterocycles. The van der Waals surface area contributed by atoms with E-state index in [9.17, 15) is 9.59 Å². The third-order valence-electron chi connectivity index (χ3n) is 1.67. The maximum atomic E-state index is 10.2. The molecule has 76 valence electrons. The van der Waals surface area contributed by atoms with Crippen molar-refractivity contribution < 1.29 is 9.59 Å². The zero-order valence-corrected chi connectivity index (χ0v) is 8.69. The number of aldehydes is 2. The molecule has 0 spiro atoms. The molecule has 0 saturated carbocycles. The monoisotopic (exact) mass is 192 g/mol. The Morgan fingerprint density at radius 3 is 2.21 bits per heavy atom. The van der Waals surface area contributed by atoms with Crippen LogP contribution in [0.15, 0.2) is 35.5 Å². The minimum atomic E-state index is 0.709. The number of unbranched alkanes of at least 4 members (excludes halogenated alkanes) is 1. The van der Waals surface area contributed by atoms with Crippen LogP contribution >= 0.6 is 0 Å². The molecule has 0 amide bonds. The van der Waals surface area contributed by atoms with Crippen molar-refractivity contribution in [2.24, 2.45) is 0 Å². The molecule has 2 heteroatoms. The Morgan fingerprint density at radius 2 is 1.64 bits per heavy atom. The van der Waals surface area contributed by atoms with Gasteiger partial charge in [-0.15, -0.1) is 0 Å². The van der Waals surface area contributed by atoms with Crippen molar-refractivity contribution >= 4 is 12.6 Å². The van der Waals surface area contributed by atoms with E-state index in [2.05, 4.69) is 0 Å². The number of rotatable bonds is 6. The predicted octanol–water partition coefficient (Wildman–Crippen LogP) is 2.61. The molecule has 0 aromatic rings. The zero-order valence-electron chi connectivity index (χ0n) is 8.69. The van der Waals surface area contributed by atoms with E-state index in [0.717, 1.165) is 31.0 Å². The van der Waals surface area contributed by atoms with Gasteiger partial charge in [-0.25, -0.2) is 0 Å². The van der Waals surface area contributed by atoms with Crippen LogP contribution in [0.25, 0.3) is 0 Å². The number of hydrogen-bond acceptors (Lipinski definition) is 2. The van der Waals surface area contributed by atoms with Crippen LogP contribution in [0.2, 0.25) is 0 Å². The molecule has 0 N–H and O–H groups in total. The van der Waals surface area contributed by atoms with Crippen LogP contribution in [0.4, 0.5) is 0 Å². The first kappa shape index (κ1) is 12.6. The Labute approximate surface area is 85.0 Å². The normalized spacial score (nSPS) is 13.3. The van der Waals surface area contributed by atoms with Crippen molar-refractivity contribution in [3.05, 3.63) is 35.5 Å².